The van der Waals surface area contributed by atoms with Gasteiger partial charge in [0.2, 0.25) is 0 Å². The lowest BCUT2D eigenvalue weighted by Gasteiger charge is -2.00. The van der Waals surface area contributed by atoms with Gasteiger partial charge in [-0.25, -0.2) is 0 Å². The first kappa shape index (κ1) is 13.0. The Balaban J connectivity index is 2.07. The van der Waals surface area contributed by atoms with Crippen molar-refractivity contribution in [3.05, 3.63) is 35.9 Å². The minimum absolute atomic E-state index is 0.314. The molecular formula is C14H12O5. The maximum Gasteiger partial charge on any atom is 0.325 e. The maximum absolute atomic E-state index is 11.7. The third kappa shape index (κ3) is 2.88. The molecule has 0 saturated carbocycles. The van der Waals surface area contributed by atoms with Crippen molar-refractivity contribution in [1.29, 1.82) is 0 Å². The largest absolute Gasteiger partial charge is 0.497 e. The zero-order chi connectivity index (χ0) is 13.8. The highest BCUT2D eigenvalue weighted by atomic mass is 16.5. The summed E-state index contributed by atoms with van der Waals surface area (Å²) in [7, 11) is 1.56. The lowest BCUT2D eigenvalue weighted by atomic mass is 10.0. The molecular weight excluding hydrogens is 248 g/mol. The molecule has 1 aliphatic heterocycles. The van der Waals surface area contributed by atoms with Crippen LogP contribution in [-0.2, 0) is 19.1 Å². The summed E-state index contributed by atoms with van der Waals surface area (Å²) in [5.41, 5.74) is 0.771. The van der Waals surface area contributed by atoms with E-state index in [0.29, 0.717) is 5.75 Å². The Bertz CT molecular complexity index is 525. The van der Waals surface area contributed by atoms with Crippen molar-refractivity contribution in [3.63, 3.8) is 0 Å². The van der Waals surface area contributed by atoms with E-state index in [1.54, 1.807) is 37.5 Å². The van der Waals surface area contributed by atoms with Crippen molar-refractivity contribution in [3.8, 4) is 5.75 Å². The summed E-state index contributed by atoms with van der Waals surface area (Å²) < 4.78 is 9.53. The summed E-state index contributed by atoms with van der Waals surface area (Å²) in [6.07, 6.45) is 2.76. The zero-order valence-corrected chi connectivity index (χ0v) is 10.3. The third-order valence-electron chi connectivity index (χ3n) is 2.75. The minimum Gasteiger partial charge on any atom is -0.497 e. The van der Waals surface area contributed by atoms with Gasteiger partial charge in [-0.2, -0.15) is 0 Å². The molecule has 1 aliphatic rings. The molecule has 19 heavy (non-hydrogen) atoms. The van der Waals surface area contributed by atoms with Crippen LogP contribution in [0.4, 0.5) is 0 Å². The fraction of sp³-hybridized carbons (Fsp3) is 0.214. The van der Waals surface area contributed by atoms with Crippen LogP contribution in [0.5, 0.6) is 5.75 Å². The van der Waals surface area contributed by atoms with Crippen LogP contribution in [0.25, 0.3) is 6.08 Å². The van der Waals surface area contributed by atoms with Crippen LogP contribution >= 0.6 is 0 Å². The Morgan fingerprint density at radius 2 is 2.00 bits per heavy atom. The Labute approximate surface area is 109 Å². The van der Waals surface area contributed by atoms with E-state index in [1.165, 1.54) is 6.08 Å². The summed E-state index contributed by atoms with van der Waals surface area (Å²) >= 11 is 0. The van der Waals surface area contributed by atoms with Gasteiger partial charge in [0.1, 0.15) is 5.75 Å². The SMILES string of the molecule is COc1ccc(C=CC(=O)C2C(=O)COC2=O)cc1. The number of ether oxygens (including phenoxy) is 2. The number of hydrogen-bond donors (Lipinski definition) is 0. The molecule has 5 nitrogen and oxygen atoms in total. The number of esters is 1. The minimum atomic E-state index is -1.30. The molecule has 0 N–H and O–H groups in total. The number of methoxy groups -OCH3 is 1. The van der Waals surface area contributed by atoms with Crippen LogP contribution in [-0.4, -0.2) is 31.3 Å². The van der Waals surface area contributed by atoms with Gasteiger partial charge in [-0.05, 0) is 23.8 Å². The Hall–Kier alpha value is -2.43. The predicted molar refractivity (Wildman–Crippen MR) is 66.5 cm³/mol. The summed E-state index contributed by atoms with van der Waals surface area (Å²) in [6.45, 7) is -0.314. The van der Waals surface area contributed by atoms with E-state index in [-0.39, 0.29) is 6.61 Å². The van der Waals surface area contributed by atoms with Crippen molar-refractivity contribution in [2.75, 3.05) is 13.7 Å². The third-order valence-corrected chi connectivity index (χ3v) is 2.75. The van der Waals surface area contributed by atoms with E-state index in [9.17, 15) is 14.4 Å². The number of carbonyl (C=O) groups excluding carboxylic acids is 3. The van der Waals surface area contributed by atoms with E-state index in [0.717, 1.165) is 5.56 Å². The second kappa shape index (κ2) is 5.48. The summed E-state index contributed by atoms with van der Waals surface area (Å²) in [6, 6.07) is 7.02. The molecule has 0 spiro atoms. The van der Waals surface area contributed by atoms with E-state index in [2.05, 4.69) is 4.74 Å². The van der Waals surface area contributed by atoms with Crippen LogP contribution in [0.3, 0.4) is 0 Å². The molecule has 5 heteroatoms. The van der Waals surface area contributed by atoms with Crippen molar-refractivity contribution >= 4 is 23.6 Å². The van der Waals surface area contributed by atoms with Crippen molar-refractivity contribution in [2.45, 2.75) is 0 Å². The summed E-state index contributed by atoms with van der Waals surface area (Å²) in [5, 5.41) is 0. The molecule has 1 atom stereocenters. The standard InChI is InChI=1S/C14H12O5/c1-18-10-5-2-9(3-6-10)4-7-11(15)13-12(16)8-19-14(13)17/h2-7,13H,8H2,1H3. The molecule has 2 rings (SSSR count). The molecule has 0 bridgehead atoms. The van der Waals surface area contributed by atoms with Gasteiger partial charge >= 0.3 is 5.97 Å². The first-order valence-corrected chi connectivity index (χ1v) is 5.67. The predicted octanol–water partition coefficient (Wildman–Crippen LogP) is 1.02. The Kier molecular flexibility index (Phi) is 3.75. The average Bonchev–Trinajstić information content (AvgIpc) is 2.76. The van der Waals surface area contributed by atoms with Gasteiger partial charge in [-0.15, -0.1) is 0 Å². The molecule has 1 saturated heterocycles. The van der Waals surface area contributed by atoms with Crippen LogP contribution in [0.15, 0.2) is 30.3 Å². The second-order valence-corrected chi connectivity index (χ2v) is 4.02. The number of hydrogen-bond acceptors (Lipinski definition) is 5. The Morgan fingerprint density at radius 3 is 2.53 bits per heavy atom. The van der Waals surface area contributed by atoms with Gasteiger partial charge in [0.15, 0.2) is 24.1 Å². The lowest BCUT2D eigenvalue weighted by molar-refractivity contribution is -0.143. The average molecular weight is 260 g/mol. The van der Waals surface area contributed by atoms with Crippen LogP contribution in [0.1, 0.15) is 5.56 Å². The van der Waals surface area contributed by atoms with Crippen LogP contribution in [0, 0.1) is 5.92 Å². The van der Waals surface area contributed by atoms with Crippen molar-refractivity contribution in [1.82, 2.24) is 0 Å². The van der Waals surface area contributed by atoms with Crippen molar-refractivity contribution in [2.24, 2.45) is 5.92 Å². The maximum atomic E-state index is 11.7. The van der Waals surface area contributed by atoms with Gasteiger partial charge in [0.05, 0.1) is 7.11 Å². The number of Topliss-reactive ketones (excluding diaryl/α,β-unsaturated/α-hetero) is 1. The smallest absolute Gasteiger partial charge is 0.325 e. The topological polar surface area (TPSA) is 69.7 Å². The first-order valence-electron chi connectivity index (χ1n) is 5.67. The fourth-order valence-electron chi connectivity index (χ4n) is 1.70. The molecule has 0 aliphatic carbocycles. The first-order chi connectivity index (χ1) is 9.11. The lowest BCUT2D eigenvalue weighted by Crippen LogP contribution is -2.23. The molecule has 98 valence electrons. The molecule has 0 amide bonds. The van der Waals surface area contributed by atoms with Crippen LogP contribution in [0.2, 0.25) is 0 Å². The molecule has 1 aromatic rings. The van der Waals surface area contributed by atoms with E-state index >= 15 is 0 Å². The van der Waals surface area contributed by atoms with Crippen molar-refractivity contribution < 1.29 is 23.9 Å². The van der Waals surface area contributed by atoms with E-state index < -0.39 is 23.5 Å². The number of carbonyl (C=O) groups is 3. The number of cyclic esters (lactones) is 1. The number of ketones is 2. The summed E-state index contributed by atoms with van der Waals surface area (Å²) in [5.74, 6) is -2.40. The summed E-state index contributed by atoms with van der Waals surface area (Å²) in [4.78, 5) is 34.2. The second-order valence-electron chi connectivity index (χ2n) is 4.02. The molecule has 1 heterocycles. The van der Waals surface area contributed by atoms with Gasteiger partial charge in [0.25, 0.3) is 0 Å². The monoisotopic (exact) mass is 260 g/mol. The molecule has 1 aromatic carbocycles. The normalized spacial score (nSPS) is 18.7. The van der Waals surface area contributed by atoms with E-state index in [4.69, 9.17) is 4.74 Å². The molecule has 1 unspecified atom stereocenters. The van der Waals surface area contributed by atoms with Gasteiger partial charge in [0, 0.05) is 0 Å². The highest BCUT2D eigenvalue weighted by Gasteiger charge is 2.39. The number of rotatable bonds is 4. The van der Waals surface area contributed by atoms with E-state index in [1.807, 2.05) is 0 Å². The van der Waals surface area contributed by atoms with Crippen LogP contribution < -0.4 is 4.74 Å². The fourth-order valence-corrected chi connectivity index (χ4v) is 1.70. The van der Waals surface area contributed by atoms with Gasteiger partial charge in [-0.3, -0.25) is 14.4 Å². The molecule has 0 radical (unpaired) electrons. The highest BCUT2D eigenvalue weighted by Crippen LogP contribution is 2.15. The highest BCUT2D eigenvalue weighted by molar-refractivity contribution is 6.24. The molecule has 0 aromatic heterocycles. The quantitative estimate of drug-likeness (QED) is 0.459. The molecule has 1 fully saturated rings. The Morgan fingerprint density at radius 1 is 1.32 bits per heavy atom. The van der Waals surface area contributed by atoms with Gasteiger partial charge < -0.3 is 9.47 Å². The van der Waals surface area contributed by atoms with Gasteiger partial charge in [-0.1, -0.05) is 18.2 Å². The number of benzene rings is 1. The number of allylic oxidation sites excluding steroid dienone is 1. The zero-order valence-electron chi connectivity index (χ0n) is 10.3.